The zero-order valence-corrected chi connectivity index (χ0v) is 11.9. The third kappa shape index (κ3) is 3.91. The van der Waals surface area contributed by atoms with Crippen LogP contribution in [-0.4, -0.2) is 46.6 Å². The summed E-state index contributed by atoms with van der Waals surface area (Å²) in [5.41, 5.74) is 7.11. The van der Waals surface area contributed by atoms with Crippen molar-refractivity contribution in [3.63, 3.8) is 0 Å². The summed E-state index contributed by atoms with van der Waals surface area (Å²) in [5, 5.41) is 15.1. The summed E-state index contributed by atoms with van der Waals surface area (Å²) in [7, 11) is 0. The van der Waals surface area contributed by atoms with E-state index < -0.39 is 0 Å². The highest BCUT2D eigenvalue weighted by molar-refractivity contribution is 5.95. The van der Waals surface area contributed by atoms with Crippen LogP contribution in [-0.2, 0) is 6.54 Å². The number of likely N-dealkylation sites (tertiary alicyclic amines) is 1. The van der Waals surface area contributed by atoms with Crippen LogP contribution in [0.15, 0.2) is 23.5 Å². The normalized spacial score (nSPS) is 18.4. The number of hydrogen-bond donors (Lipinski definition) is 3. The van der Waals surface area contributed by atoms with Crippen LogP contribution in [0.4, 0.5) is 0 Å². The molecule has 0 aromatic carbocycles. The van der Waals surface area contributed by atoms with Crippen molar-refractivity contribution in [1.82, 2.24) is 15.2 Å². The third-order valence-corrected chi connectivity index (χ3v) is 3.73. The first-order valence-electron chi connectivity index (χ1n) is 7.08. The van der Waals surface area contributed by atoms with Gasteiger partial charge in [-0.3, -0.25) is 9.88 Å². The molecule has 1 fully saturated rings. The average Bonchev–Trinajstić information content (AvgIpc) is 3.01. The molecule has 4 N–H and O–H groups in total. The van der Waals surface area contributed by atoms with Crippen molar-refractivity contribution in [2.75, 3.05) is 19.6 Å². The predicted molar refractivity (Wildman–Crippen MR) is 78.7 cm³/mol. The minimum Gasteiger partial charge on any atom is -0.409 e. The van der Waals surface area contributed by atoms with E-state index in [2.05, 4.69) is 27.3 Å². The molecule has 0 amide bonds. The lowest BCUT2D eigenvalue weighted by atomic mass is 10.2. The zero-order chi connectivity index (χ0) is 14.4. The van der Waals surface area contributed by atoms with E-state index >= 15 is 0 Å². The molecule has 6 nitrogen and oxygen atoms in total. The molecular formula is C14H23N5O. The molecule has 0 bridgehead atoms. The van der Waals surface area contributed by atoms with Gasteiger partial charge in [0.05, 0.1) is 0 Å². The molecule has 2 rings (SSSR count). The third-order valence-electron chi connectivity index (χ3n) is 3.73. The number of oxime groups is 1. The van der Waals surface area contributed by atoms with Gasteiger partial charge < -0.3 is 16.3 Å². The predicted octanol–water partition coefficient (Wildman–Crippen LogP) is 0.750. The van der Waals surface area contributed by atoms with E-state index in [-0.39, 0.29) is 5.84 Å². The molecule has 0 saturated carbocycles. The molecule has 1 atom stereocenters. The summed E-state index contributed by atoms with van der Waals surface area (Å²) in [4.78, 5) is 6.58. The molecule has 1 unspecified atom stereocenters. The summed E-state index contributed by atoms with van der Waals surface area (Å²) in [6.45, 7) is 6.40. The highest BCUT2D eigenvalue weighted by Gasteiger charge is 2.17. The molecule has 1 saturated heterocycles. The molecule has 6 heteroatoms. The number of rotatable bonds is 6. The molecule has 1 aliphatic heterocycles. The number of hydrogen-bond acceptors (Lipinski definition) is 5. The fourth-order valence-corrected chi connectivity index (χ4v) is 2.51. The van der Waals surface area contributed by atoms with Crippen LogP contribution in [0.1, 0.15) is 31.0 Å². The number of pyridine rings is 1. The van der Waals surface area contributed by atoms with E-state index in [0.717, 1.165) is 18.7 Å². The average molecular weight is 277 g/mol. The Balaban J connectivity index is 1.81. The Morgan fingerprint density at radius 3 is 3.00 bits per heavy atom. The van der Waals surface area contributed by atoms with Crippen LogP contribution >= 0.6 is 0 Å². The molecule has 1 aliphatic rings. The molecule has 110 valence electrons. The first kappa shape index (κ1) is 14.7. The maximum absolute atomic E-state index is 8.65. The van der Waals surface area contributed by atoms with Crippen molar-refractivity contribution in [3.05, 3.63) is 29.6 Å². The Labute approximate surface area is 119 Å². The van der Waals surface area contributed by atoms with Gasteiger partial charge in [-0.15, -0.1) is 0 Å². The Morgan fingerprint density at radius 2 is 2.30 bits per heavy atom. The van der Waals surface area contributed by atoms with Gasteiger partial charge in [0.2, 0.25) is 0 Å². The van der Waals surface area contributed by atoms with Crippen molar-refractivity contribution in [2.24, 2.45) is 10.9 Å². The Kier molecular flexibility index (Phi) is 5.31. The molecule has 0 radical (unpaired) electrons. The summed E-state index contributed by atoms with van der Waals surface area (Å²) in [5.74, 6) is 0.0392. The van der Waals surface area contributed by atoms with Crippen LogP contribution in [0.5, 0.6) is 0 Å². The topological polar surface area (TPSA) is 86.8 Å². The lowest BCUT2D eigenvalue weighted by molar-refractivity contribution is 0.251. The first-order valence-corrected chi connectivity index (χ1v) is 7.08. The van der Waals surface area contributed by atoms with Gasteiger partial charge in [-0.05, 0) is 50.6 Å². The van der Waals surface area contributed by atoms with Crippen molar-refractivity contribution >= 4 is 5.84 Å². The Hall–Kier alpha value is -1.66. The van der Waals surface area contributed by atoms with Gasteiger partial charge >= 0.3 is 0 Å². The lowest BCUT2D eigenvalue weighted by Gasteiger charge is -2.24. The summed E-state index contributed by atoms with van der Waals surface area (Å²) < 4.78 is 0. The lowest BCUT2D eigenvalue weighted by Crippen LogP contribution is -2.38. The zero-order valence-electron chi connectivity index (χ0n) is 11.9. The van der Waals surface area contributed by atoms with Crippen molar-refractivity contribution in [3.8, 4) is 0 Å². The van der Waals surface area contributed by atoms with Crippen LogP contribution in [0.3, 0.4) is 0 Å². The van der Waals surface area contributed by atoms with E-state index in [4.69, 9.17) is 10.9 Å². The fourth-order valence-electron chi connectivity index (χ4n) is 2.51. The van der Waals surface area contributed by atoms with Crippen molar-refractivity contribution in [1.29, 1.82) is 0 Å². The smallest absolute Gasteiger partial charge is 0.188 e. The highest BCUT2D eigenvalue weighted by atomic mass is 16.4. The fraction of sp³-hybridized carbons (Fsp3) is 0.571. The van der Waals surface area contributed by atoms with E-state index in [1.54, 1.807) is 6.20 Å². The Bertz CT molecular complexity index is 457. The van der Waals surface area contributed by atoms with Gasteiger partial charge in [0, 0.05) is 25.3 Å². The van der Waals surface area contributed by atoms with Gasteiger partial charge in [-0.25, -0.2) is 0 Å². The molecule has 1 aromatic rings. The van der Waals surface area contributed by atoms with Crippen molar-refractivity contribution < 1.29 is 5.21 Å². The summed E-state index contributed by atoms with van der Waals surface area (Å²) in [6, 6.07) is 4.33. The van der Waals surface area contributed by atoms with E-state index in [9.17, 15) is 0 Å². The van der Waals surface area contributed by atoms with Gasteiger partial charge in [-0.2, -0.15) is 0 Å². The molecule has 2 heterocycles. The quantitative estimate of drug-likeness (QED) is 0.309. The van der Waals surface area contributed by atoms with E-state index in [0.29, 0.717) is 11.7 Å². The first-order chi connectivity index (χ1) is 9.70. The molecular weight excluding hydrogens is 254 g/mol. The monoisotopic (exact) mass is 277 g/mol. The summed E-state index contributed by atoms with van der Waals surface area (Å²) in [6.07, 6.45) is 4.31. The van der Waals surface area contributed by atoms with E-state index in [1.807, 2.05) is 12.1 Å². The van der Waals surface area contributed by atoms with Crippen molar-refractivity contribution in [2.45, 2.75) is 32.4 Å². The number of aromatic nitrogens is 1. The summed E-state index contributed by atoms with van der Waals surface area (Å²) >= 11 is 0. The second kappa shape index (κ2) is 7.21. The second-order valence-electron chi connectivity index (χ2n) is 5.26. The van der Waals surface area contributed by atoms with Crippen LogP contribution in [0, 0.1) is 0 Å². The number of nitrogens with zero attached hydrogens (tertiary/aromatic N) is 3. The number of nitrogens with one attached hydrogen (secondary N) is 1. The highest BCUT2D eigenvalue weighted by Crippen LogP contribution is 2.11. The SMILES string of the molecule is CC(CNCc1ccnc(/C(N)=N/O)c1)N1CCCC1. The van der Waals surface area contributed by atoms with Gasteiger partial charge in [0.25, 0.3) is 0 Å². The van der Waals surface area contributed by atoms with Crippen LogP contribution in [0.2, 0.25) is 0 Å². The standard InChI is InChI=1S/C14H23N5O/c1-11(19-6-2-3-7-19)9-16-10-12-4-5-17-13(8-12)14(15)18-20/h4-5,8,11,16,20H,2-3,6-7,9-10H2,1H3,(H2,15,18). The van der Waals surface area contributed by atoms with Crippen LogP contribution in [0.25, 0.3) is 0 Å². The Morgan fingerprint density at radius 1 is 1.55 bits per heavy atom. The second-order valence-corrected chi connectivity index (χ2v) is 5.26. The molecule has 0 aliphatic carbocycles. The number of amidine groups is 1. The minimum absolute atomic E-state index is 0.0392. The van der Waals surface area contributed by atoms with Gasteiger partial charge in [0.15, 0.2) is 5.84 Å². The van der Waals surface area contributed by atoms with Gasteiger partial charge in [-0.1, -0.05) is 5.16 Å². The maximum atomic E-state index is 8.65. The van der Waals surface area contributed by atoms with Gasteiger partial charge in [0.1, 0.15) is 5.69 Å². The largest absolute Gasteiger partial charge is 0.409 e. The molecule has 1 aromatic heterocycles. The molecule has 20 heavy (non-hydrogen) atoms. The maximum Gasteiger partial charge on any atom is 0.188 e. The minimum atomic E-state index is 0.0392. The molecule has 0 spiro atoms. The van der Waals surface area contributed by atoms with E-state index in [1.165, 1.54) is 25.9 Å². The van der Waals surface area contributed by atoms with Crippen LogP contribution < -0.4 is 11.1 Å². The number of nitrogens with two attached hydrogens (primary N) is 1.